The van der Waals surface area contributed by atoms with Gasteiger partial charge in [-0.2, -0.15) is 4.98 Å². The lowest BCUT2D eigenvalue weighted by Crippen LogP contribution is -2.33. The highest BCUT2D eigenvalue weighted by Crippen LogP contribution is 2.36. The second-order valence-electron chi connectivity index (χ2n) is 7.68. The van der Waals surface area contributed by atoms with Crippen LogP contribution in [0, 0.1) is 5.92 Å². The minimum atomic E-state index is -3.25. The van der Waals surface area contributed by atoms with Crippen LogP contribution in [0.5, 0.6) is 0 Å². The first kappa shape index (κ1) is 20.7. The van der Waals surface area contributed by atoms with Crippen LogP contribution < -0.4 is 10.9 Å². The van der Waals surface area contributed by atoms with Gasteiger partial charge in [0.15, 0.2) is 21.3 Å². The lowest BCUT2D eigenvalue weighted by molar-refractivity contribution is 0.222. The molecule has 8 nitrogen and oxygen atoms in total. The van der Waals surface area contributed by atoms with Crippen molar-refractivity contribution in [2.75, 3.05) is 11.6 Å². The van der Waals surface area contributed by atoms with E-state index in [0.29, 0.717) is 23.6 Å². The molecule has 2 aromatic heterocycles. The lowest BCUT2D eigenvalue weighted by Gasteiger charge is -2.33. The smallest absolute Gasteiger partial charge is 0.295 e. The zero-order valence-electron chi connectivity index (χ0n) is 16.7. The number of hydrogen-bond donors (Lipinski definition) is 1. The van der Waals surface area contributed by atoms with Crippen LogP contribution in [0.15, 0.2) is 40.2 Å². The molecule has 2 heterocycles. The molecule has 0 unspecified atom stereocenters. The van der Waals surface area contributed by atoms with E-state index in [1.807, 2.05) is 6.92 Å². The zero-order chi connectivity index (χ0) is 21.5. The van der Waals surface area contributed by atoms with Crippen LogP contribution >= 0.6 is 11.6 Å². The summed E-state index contributed by atoms with van der Waals surface area (Å²) in [6.45, 7) is 2.35. The number of benzene rings is 1. The first-order valence-electron chi connectivity index (χ1n) is 9.71. The molecule has 3 aromatic rings. The van der Waals surface area contributed by atoms with Crippen LogP contribution in [-0.4, -0.2) is 34.2 Å². The Morgan fingerprint density at radius 3 is 2.53 bits per heavy atom. The zero-order valence-corrected chi connectivity index (χ0v) is 18.2. The van der Waals surface area contributed by atoms with E-state index in [-0.39, 0.29) is 27.6 Å². The molecule has 0 radical (unpaired) electrons. The third-order valence-corrected chi connectivity index (χ3v) is 6.96. The average Bonchev–Trinajstić information content (AvgIpc) is 2.64. The Hall–Kier alpha value is -2.52. The number of fused-ring (bicyclic) bond motifs is 1. The molecule has 0 bridgehead atoms. The van der Waals surface area contributed by atoms with Crippen LogP contribution in [0.25, 0.3) is 11.2 Å². The summed E-state index contributed by atoms with van der Waals surface area (Å²) in [5.41, 5.74) is 1.49. The minimum Gasteiger partial charge on any atom is -0.361 e. The number of rotatable bonds is 6. The van der Waals surface area contributed by atoms with Gasteiger partial charge in [-0.15, -0.1) is 0 Å². The van der Waals surface area contributed by atoms with Crippen LogP contribution in [0.1, 0.15) is 37.8 Å². The van der Waals surface area contributed by atoms with E-state index in [0.717, 1.165) is 24.8 Å². The summed E-state index contributed by atoms with van der Waals surface area (Å²) in [5.74, 6) is 0.616. The Kier molecular flexibility index (Phi) is 5.50. The average molecular weight is 448 g/mol. The number of hydrogen-bond acceptors (Lipinski definition) is 7. The van der Waals surface area contributed by atoms with Crippen molar-refractivity contribution in [2.45, 2.75) is 43.7 Å². The van der Waals surface area contributed by atoms with E-state index >= 15 is 0 Å². The van der Waals surface area contributed by atoms with Gasteiger partial charge in [0.1, 0.15) is 5.52 Å². The molecular formula is C20H22ClN5O3S. The van der Waals surface area contributed by atoms with Crippen molar-refractivity contribution in [3.8, 4) is 0 Å². The normalized spacial score (nSPS) is 15.7. The standard InChI is InChI=1S/C20H22ClN5O3S/c1-12(14-4-3-5-14)26-18-16(11-23-20(21)25-18)24-17(19(26)27)22-10-13-6-8-15(9-7-13)30(2,28)29/h6-9,11-12,14H,3-5,10H2,1-2H3,(H,22,24)/t12-/m1/s1. The fourth-order valence-corrected chi connectivity index (χ4v) is 4.41. The van der Waals surface area contributed by atoms with Gasteiger partial charge in [-0.25, -0.2) is 18.4 Å². The molecule has 10 heteroatoms. The number of aromatic nitrogens is 4. The molecule has 1 aliphatic carbocycles. The third kappa shape index (κ3) is 4.04. The van der Waals surface area contributed by atoms with Gasteiger partial charge in [0.05, 0.1) is 11.1 Å². The van der Waals surface area contributed by atoms with E-state index in [9.17, 15) is 13.2 Å². The van der Waals surface area contributed by atoms with Crippen LogP contribution in [0.4, 0.5) is 5.82 Å². The van der Waals surface area contributed by atoms with Crippen molar-refractivity contribution in [3.05, 3.63) is 51.7 Å². The maximum atomic E-state index is 13.2. The summed E-state index contributed by atoms with van der Waals surface area (Å²) >= 11 is 5.98. The van der Waals surface area contributed by atoms with Crippen molar-refractivity contribution in [3.63, 3.8) is 0 Å². The highest BCUT2D eigenvalue weighted by molar-refractivity contribution is 7.90. The van der Waals surface area contributed by atoms with Gasteiger partial charge in [-0.3, -0.25) is 9.36 Å². The molecule has 158 valence electrons. The molecule has 1 aromatic carbocycles. The van der Waals surface area contributed by atoms with Crippen molar-refractivity contribution in [1.82, 2.24) is 19.5 Å². The van der Waals surface area contributed by atoms with E-state index in [4.69, 9.17) is 11.6 Å². The number of nitrogens with zero attached hydrogens (tertiary/aromatic N) is 4. The molecule has 1 N–H and O–H groups in total. The van der Waals surface area contributed by atoms with Crippen molar-refractivity contribution in [1.29, 1.82) is 0 Å². The Morgan fingerprint density at radius 2 is 1.93 bits per heavy atom. The van der Waals surface area contributed by atoms with Gasteiger partial charge in [0.25, 0.3) is 5.56 Å². The Bertz CT molecular complexity index is 1250. The molecule has 0 saturated heterocycles. The van der Waals surface area contributed by atoms with Gasteiger partial charge in [0.2, 0.25) is 5.28 Å². The van der Waals surface area contributed by atoms with Gasteiger partial charge < -0.3 is 5.32 Å². The lowest BCUT2D eigenvalue weighted by atomic mass is 9.80. The quantitative estimate of drug-likeness (QED) is 0.578. The molecule has 4 rings (SSSR count). The van der Waals surface area contributed by atoms with Crippen LogP contribution in [-0.2, 0) is 16.4 Å². The van der Waals surface area contributed by atoms with Crippen molar-refractivity contribution >= 4 is 38.4 Å². The first-order valence-corrected chi connectivity index (χ1v) is 12.0. The summed E-state index contributed by atoms with van der Waals surface area (Å²) in [5, 5.41) is 3.16. The van der Waals surface area contributed by atoms with Crippen molar-refractivity contribution < 1.29 is 8.42 Å². The summed E-state index contributed by atoms with van der Waals surface area (Å²) < 4.78 is 24.9. The topological polar surface area (TPSA) is 107 Å². The molecule has 0 aliphatic heterocycles. The molecule has 1 fully saturated rings. The molecule has 0 amide bonds. The van der Waals surface area contributed by atoms with E-state index in [1.165, 1.54) is 12.5 Å². The first-order chi connectivity index (χ1) is 14.2. The monoisotopic (exact) mass is 447 g/mol. The van der Waals surface area contributed by atoms with E-state index in [1.54, 1.807) is 28.8 Å². The second kappa shape index (κ2) is 7.96. The molecule has 1 saturated carbocycles. The highest BCUT2D eigenvalue weighted by atomic mass is 35.5. The predicted molar refractivity (Wildman–Crippen MR) is 116 cm³/mol. The largest absolute Gasteiger partial charge is 0.361 e. The molecule has 1 aliphatic rings. The number of anilines is 1. The summed E-state index contributed by atoms with van der Waals surface area (Å²) in [6, 6.07) is 6.49. The van der Waals surface area contributed by atoms with Gasteiger partial charge in [-0.1, -0.05) is 18.6 Å². The fraction of sp³-hybridized carbons (Fsp3) is 0.400. The minimum absolute atomic E-state index is 0.0303. The number of nitrogens with one attached hydrogen (secondary N) is 1. The van der Waals surface area contributed by atoms with Gasteiger partial charge >= 0.3 is 0 Å². The number of halogens is 1. The van der Waals surface area contributed by atoms with Crippen molar-refractivity contribution in [2.24, 2.45) is 5.92 Å². The van der Waals surface area contributed by atoms with E-state index < -0.39 is 9.84 Å². The molecule has 30 heavy (non-hydrogen) atoms. The van der Waals surface area contributed by atoms with Crippen LogP contribution in [0.3, 0.4) is 0 Å². The number of sulfone groups is 1. The van der Waals surface area contributed by atoms with Gasteiger partial charge in [0, 0.05) is 18.8 Å². The fourth-order valence-electron chi connectivity index (χ4n) is 3.65. The Balaban J connectivity index is 1.68. The summed E-state index contributed by atoms with van der Waals surface area (Å²) in [7, 11) is -3.25. The highest BCUT2D eigenvalue weighted by Gasteiger charge is 2.28. The van der Waals surface area contributed by atoms with Crippen LogP contribution in [0.2, 0.25) is 5.28 Å². The van der Waals surface area contributed by atoms with Gasteiger partial charge in [-0.05, 0) is 55.0 Å². The van der Waals surface area contributed by atoms with E-state index in [2.05, 4.69) is 20.3 Å². The molecular weight excluding hydrogens is 426 g/mol. The Labute approximate surface area is 179 Å². The predicted octanol–water partition coefficient (Wildman–Crippen LogP) is 3.22. The second-order valence-corrected chi connectivity index (χ2v) is 10.0. The molecule has 1 atom stereocenters. The SMILES string of the molecule is C[C@H](C1CCC1)n1c(=O)c(NCc2ccc(S(C)(=O)=O)cc2)nc2cnc(Cl)nc21. The Morgan fingerprint density at radius 1 is 1.23 bits per heavy atom. The molecule has 0 spiro atoms. The summed E-state index contributed by atoms with van der Waals surface area (Å²) in [6.07, 6.45) is 5.99. The summed E-state index contributed by atoms with van der Waals surface area (Å²) in [4.78, 5) is 26.2. The third-order valence-electron chi connectivity index (χ3n) is 5.65. The maximum absolute atomic E-state index is 13.2. The maximum Gasteiger partial charge on any atom is 0.295 e.